The summed E-state index contributed by atoms with van der Waals surface area (Å²) in [5.41, 5.74) is 0.744. The van der Waals surface area contributed by atoms with Gasteiger partial charge in [0.1, 0.15) is 6.33 Å². The summed E-state index contributed by atoms with van der Waals surface area (Å²) in [6.45, 7) is 0. The number of nitro groups is 1. The molecule has 0 saturated carbocycles. The summed E-state index contributed by atoms with van der Waals surface area (Å²) in [6.07, 6.45) is 2.82. The summed E-state index contributed by atoms with van der Waals surface area (Å²) in [6, 6.07) is 12.0. The van der Waals surface area contributed by atoms with E-state index in [0.717, 1.165) is 5.56 Å². The van der Waals surface area contributed by atoms with Crippen molar-refractivity contribution < 1.29 is 14.8 Å². The van der Waals surface area contributed by atoms with Crippen LogP contribution in [0.25, 0.3) is 11.4 Å². The van der Waals surface area contributed by atoms with E-state index in [9.17, 15) is 15.2 Å². The van der Waals surface area contributed by atoms with Crippen LogP contribution in [0.2, 0.25) is 0 Å². The number of aromatic nitrogens is 3. The Labute approximate surface area is 142 Å². The second-order valence-corrected chi connectivity index (χ2v) is 4.96. The molecule has 1 heterocycles. The molecule has 9 nitrogen and oxygen atoms in total. The molecule has 3 rings (SSSR count). The molecule has 126 valence electrons. The van der Waals surface area contributed by atoms with E-state index in [0.29, 0.717) is 11.4 Å². The molecular formula is C16H13N5O4. The van der Waals surface area contributed by atoms with Gasteiger partial charge in [0.2, 0.25) is 5.75 Å². The summed E-state index contributed by atoms with van der Waals surface area (Å²) in [5, 5.41) is 32.9. The Hall–Kier alpha value is -3.75. The lowest BCUT2D eigenvalue weighted by atomic mass is 10.2. The van der Waals surface area contributed by atoms with Crippen LogP contribution in [0.15, 0.2) is 53.9 Å². The second kappa shape index (κ2) is 6.79. The van der Waals surface area contributed by atoms with Crippen LogP contribution in [-0.4, -0.2) is 38.2 Å². The van der Waals surface area contributed by atoms with Crippen molar-refractivity contribution in [2.75, 3.05) is 7.11 Å². The number of hydrogen-bond acceptors (Lipinski definition) is 7. The maximum Gasteiger partial charge on any atom is 0.315 e. The maximum atomic E-state index is 11.0. The van der Waals surface area contributed by atoms with Crippen LogP contribution in [-0.2, 0) is 0 Å². The van der Waals surface area contributed by atoms with Crippen LogP contribution in [0.4, 0.5) is 5.69 Å². The predicted molar refractivity (Wildman–Crippen MR) is 89.8 cm³/mol. The zero-order chi connectivity index (χ0) is 17.8. The lowest BCUT2D eigenvalue weighted by Gasteiger charge is -2.05. The molecule has 0 unspecified atom stereocenters. The quantitative estimate of drug-likeness (QED) is 0.433. The Kier molecular flexibility index (Phi) is 4.38. The van der Waals surface area contributed by atoms with E-state index in [1.807, 2.05) is 30.3 Å². The van der Waals surface area contributed by atoms with E-state index < -0.39 is 16.4 Å². The molecule has 25 heavy (non-hydrogen) atoms. The van der Waals surface area contributed by atoms with Gasteiger partial charge in [0.25, 0.3) is 0 Å². The number of ether oxygens (including phenoxy) is 1. The van der Waals surface area contributed by atoms with Gasteiger partial charge in [0.15, 0.2) is 11.6 Å². The molecule has 0 radical (unpaired) electrons. The van der Waals surface area contributed by atoms with Gasteiger partial charge < -0.3 is 9.84 Å². The number of benzene rings is 2. The first-order valence-electron chi connectivity index (χ1n) is 7.15. The van der Waals surface area contributed by atoms with Gasteiger partial charge in [-0.1, -0.05) is 30.3 Å². The van der Waals surface area contributed by atoms with Crippen molar-refractivity contribution in [1.29, 1.82) is 0 Å². The topological polar surface area (TPSA) is 116 Å². The van der Waals surface area contributed by atoms with E-state index in [1.54, 1.807) is 0 Å². The first-order chi connectivity index (χ1) is 12.1. The zero-order valence-corrected chi connectivity index (χ0v) is 13.1. The van der Waals surface area contributed by atoms with Gasteiger partial charge in [0.05, 0.1) is 18.2 Å². The minimum absolute atomic E-state index is 0.0114. The van der Waals surface area contributed by atoms with E-state index in [1.165, 1.54) is 36.5 Å². The maximum absolute atomic E-state index is 11.0. The van der Waals surface area contributed by atoms with Crippen molar-refractivity contribution in [2.45, 2.75) is 0 Å². The van der Waals surface area contributed by atoms with Crippen LogP contribution in [0.5, 0.6) is 11.5 Å². The van der Waals surface area contributed by atoms with E-state index in [4.69, 9.17) is 4.74 Å². The highest BCUT2D eigenvalue weighted by Crippen LogP contribution is 2.36. The third-order valence-electron chi connectivity index (χ3n) is 3.39. The molecule has 0 bridgehead atoms. The smallest absolute Gasteiger partial charge is 0.315 e. The largest absolute Gasteiger partial charge is 0.500 e. The van der Waals surface area contributed by atoms with Crippen LogP contribution < -0.4 is 4.74 Å². The molecule has 0 aliphatic rings. The molecule has 0 fully saturated rings. The molecule has 1 aromatic heterocycles. The number of nitrogens with zero attached hydrogens (tertiary/aromatic N) is 5. The summed E-state index contributed by atoms with van der Waals surface area (Å²) >= 11 is 0. The van der Waals surface area contributed by atoms with E-state index in [-0.39, 0.29) is 5.75 Å². The SMILES string of the molecule is COc1cc(/C=N/n2cnnc2-c2ccccc2)cc([N+](=O)[O-])c1O. The lowest BCUT2D eigenvalue weighted by molar-refractivity contribution is -0.386. The molecule has 0 spiro atoms. The normalized spacial score (nSPS) is 10.9. The molecule has 0 atom stereocenters. The van der Waals surface area contributed by atoms with Crippen molar-refractivity contribution in [3.05, 3.63) is 64.5 Å². The number of nitro benzene ring substituents is 1. The van der Waals surface area contributed by atoms with Crippen molar-refractivity contribution in [2.24, 2.45) is 5.10 Å². The van der Waals surface area contributed by atoms with Gasteiger partial charge in [-0.3, -0.25) is 10.1 Å². The molecule has 0 aliphatic heterocycles. The Morgan fingerprint density at radius 1 is 1.32 bits per heavy atom. The highest BCUT2D eigenvalue weighted by Gasteiger charge is 2.19. The van der Waals surface area contributed by atoms with Gasteiger partial charge >= 0.3 is 5.69 Å². The Balaban J connectivity index is 1.98. The van der Waals surface area contributed by atoms with Crippen molar-refractivity contribution in [3.8, 4) is 22.9 Å². The lowest BCUT2D eigenvalue weighted by Crippen LogP contribution is -1.96. The fourth-order valence-electron chi connectivity index (χ4n) is 2.20. The second-order valence-electron chi connectivity index (χ2n) is 4.96. The predicted octanol–water partition coefficient (Wildman–Crippen LogP) is 2.45. The molecule has 2 aromatic carbocycles. The zero-order valence-electron chi connectivity index (χ0n) is 13.1. The minimum Gasteiger partial charge on any atom is -0.500 e. The fraction of sp³-hybridized carbons (Fsp3) is 0.0625. The monoisotopic (exact) mass is 339 g/mol. The van der Waals surface area contributed by atoms with Crippen LogP contribution >= 0.6 is 0 Å². The Morgan fingerprint density at radius 3 is 2.76 bits per heavy atom. The van der Waals surface area contributed by atoms with Crippen LogP contribution in [0, 0.1) is 10.1 Å². The summed E-state index contributed by atoms with van der Waals surface area (Å²) in [7, 11) is 1.31. The molecule has 0 amide bonds. The van der Waals surface area contributed by atoms with Crippen molar-refractivity contribution in [3.63, 3.8) is 0 Å². The number of rotatable bonds is 5. The first-order valence-corrected chi connectivity index (χ1v) is 7.15. The van der Waals surface area contributed by atoms with Crippen LogP contribution in [0.3, 0.4) is 0 Å². The van der Waals surface area contributed by atoms with Gasteiger partial charge in [-0.15, -0.1) is 10.2 Å². The molecule has 0 saturated heterocycles. The molecule has 9 heteroatoms. The molecule has 3 aromatic rings. The van der Waals surface area contributed by atoms with Crippen LogP contribution in [0.1, 0.15) is 5.56 Å². The van der Waals surface area contributed by atoms with Crippen molar-refractivity contribution in [1.82, 2.24) is 14.9 Å². The summed E-state index contributed by atoms with van der Waals surface area (Å²) < 4.78 is 6.40. The molecule has 0 aliphatic carbocycles. The van der Waals surface area contributed by atoms with Gasteiger partial charge in [-0.25, -0.2) is 0 Å². The average molecular weight is 339 g/mol. The third-order valence-corrected chi connectivity index (χ3v) is 3.39. The third kappa shape index (κ3) is 3.29. The molecule has 1 N–H and O–H groups in total. The Bertz CT molecular complexity index is 937. The number of hydrogen-bond donors (Lipinski definition) is 1. The first kappa shape index (κ1) is 16.1. The number of phenolic OH excluding ortho intramolecular Hbond substituents is 1. The molecular weight excluding hydrogens is 326 g/mol. The van der Waals surface area contributed by atoms with Gasteiger partial charge in [0, 0.05) is 17.2 Å². The highest BCUT2D eigenvalue weighted by molar-refractivity contribution is 5.83. The summed E-state index contributed by atoms with van der Waals surface area (Å²) in [5.74, 6) is -0.0151. The van der Waals surface area contributed by atoms with Gasteiger partial charge in [-0.2, -0.15) is 9.78 Å². The number of phenols is 1. The Morgan fingerprint density at radius 2 is 2.08 bits per heavy atom. The van der Waals surface area contributed by atoms with E-state index in [2.05, 4.69) is 15.3 Å². The van der Waals surface area contributed by atoms with E-state index >= 15 is 0 Å². The average Bonchev–Trinajstić information content (AvgIpc) is 3.10. The number of methoxy groups -OCH3 is 1. The van der Waals surface area contributed by atoms with Gasteiger partial charge in [-0.05, 0) is 6.07 Å². The number of aromatic hydroxyl groups is 1. The van der Waals surface area contributed by atoms with Crippen molar-refractivity contribution >= 4 is 11.9 Å². The minimum atomic E-state index is -0.691. The fourth-order valence-corrected chi connectivity index (χ4v) is 2.20. The highest BCUT2D eigenvalue weighted by atomic mass is 16.6. The summed E-state index contributed by atoms with van der Waals surface area (Å²) in [4.78, 5) is 10.3. The standard InChI is InChI=1S/C16H13N5O4/c1-25-14-8-11(7-13(15(14)22)21(23)24)9-18-20-10-17-19-16(20)12-5-3-2-4-6-12/h2-10,22H,1H3/b18-9+.